The van der Waals surface area contributed by atoms with Crippen molar-refractivity contribution in [2.75, 3.05) is 46.9 Å². The van der Waals surface area contributed by atoms with Gasteiger partial charge in [-0.2, -0.15) is 0 Å². The van der Waals surface area contributed by atoms with E-state index < -0.39 is 0 Å². The van der Waals surface area contributed by atoms with Crippen molar-refractivity contribution in [1.82, 2.24) is 14.4 Å². The third-order valence-corrected chi connectivity index (χ3v) is 7.89. The smallest absolute Gasteiger partial charge is 0.223 e. The molecule has 0 N–H and O–H groups in total. The van der Waals surface area contributed by atoms with Crippen LogP contribution in [0.15, 0.2) is 85.1 Å². The van der Waals surface area contributed by atoms with Crippen LogP contribution in [0.3, 0.4) is 0 Å². The summed E-state index contributed by atoms with van der Waals surface area (Å²) in [6.07, 6.45) is 6.98. The first-order chi connectivity index (χ1) is 19.6. The number of methoxy groups -OCH3 is 2. The minimum atomic E-state index is -0.124. The number of rotatable bonds is 10. The maximum absolute atomic E-state index is 13.8. The molecule has 4 aromatic rings. The first-order valence-electron chi connectivity index (χ1n) is 14.1. The van der Waals surface area contributed by atoms with Crippen LogP contribution >= 0.6 is 0 Å². The highest BCUT2D eigenvalue weighted by Gasteiger charge is 2.28. The lowest BCUT2D eigenvalue weighted by Gasteiger charge is -2.35. The number of hydrogen-bond acceptors (Lipinski definition) is 4. The van der Waals surface area contributed by atoms with Gasteiger partial charge < -0.3 is 18.9 Å². The van der Waals surface area contributed by atoms with Crippen molar-refractivity contribution in [2.24, 2.45) is 0 Å². The van der Waals surface area contributed by atoms with Gasteiger partial charge in [-0.25, -0.2) is 0 Å². The molecule has 6 heteroatoms. The number of aryl methyl sites for hydroxylation is 1. The molecule has 6 nitrogen and oxygen atoms in total. The van der Waals surface area contributed by atoms with Crippen LogP contribution in [0.25, 0.3) is 17.0 Å². The number of hydrogen-bond donors (Lipinski definition) is 0. The SMILES string of the molecule is CCn1cc([C@@H](CC(=O)N2CCN(C/C=C/c3ccccc3)CC2)c2cc(OC)cc(OC)c2)c2ccccc21. The molecule has 0 saturated carbocycles. The highest BCUT2D eigenvalue weighted by molar-refractivity contribution is 5.87. The molecule has 1 aromatic heterocycles. The summed E-state index contributed by atoms with van der Waals surface area (Å²) in [6.45, 7) is 7.13. The largest absolute Gasteiger partial charge is 0.497 e. The lowest BCUT2D eigenvalue weighted by atomic mass is 9.87. The van der Waals surface area contributed by atoms with E-state index in [1.807, 2.05) is 29.2 Å². The summed E-state index contributed by atoms with van der Waals surface area (Å²) < 4.78 is 13.5. The van der Waals surface area contributed by atoms with Crippen LogP contribution in [-0.2, 0) is 11.3 Å². The first kappa shape index (κ1) is 27.5. The molecule has 0 radical (unpaired) electrons. The van der Waals surface area contributed by atoms with Crippen molar-refractivity contribution in [3.05, 3.63) is 102 Å². The Labute approximate surface area is 237 Å². The fourth-order valence-corrected chi connectivity index (χ4v) is 5.64. The maximum Gasteiger partial charge on any atom is 0.223 e. The van der Waals surface area contributed by atoms with Gasteiger partial charge in [0.25, 0.3) is 0 Å². The van der Waals surface area contributed by atoms with Gasteiger partial charge in [0.2, 0.25) is 5.91 Å². The zero-order valence-corrected chi connectivity index (χ0v) is 23.8. The van der Waals surface area contributed by atoms with Crippen molar-refractivity contribution < 1.29 is 14.3 Å². The fourth-order valence-electron chi connectivity index (χ4n) is 5.64. The normalized spacial score (nSPS) is 15.0. The predicted molar refractivity (Wildman–Crippen MR) is 162 cm³/mol. The zero-order chi connectivity index (χ0) is 27.9. The standard InChI is InChI=1S/C34H39N3O3/c1-4-36-25-32(30-14-8-9-15-33(30)36)31(27-21-28(39-2)23-29(22-27)40-3)24-34(38)37-19-17-35(18-20-37)16-10-13-26-11-6-5-7-12-26/h5-15,21-23,25,31H,4,16-20,24H2,1-3H3/b13-10+/t31-/m0/s1. The van der Waals surface area contributed by atoms with E-state index in [-0.39, 0.29) is 11.8 Å². The Morgan fingerprint density at radius 2 is 1.57 bits per heavy atom. The number of amides is 1. The Morgan fingerprint density at radius 3 is 2.25 bits per heavy atom. The summed E-state index contributed by atoms with van der Waals surface area (Å²) in [6, 6.07) is 24.8. The molecule has 0 bridgehead atoms. The summed E-state index contributed by atoms with van der Waals surface area (Å²) in [5.41, 5.74) is 4.57. The molecule has 1 aliphatic rings. The average molecular weight is 538 g/mol. The van der Waals surface area contributed by atoms with Gasteiger partial charge in [-0.15, -0.1) is 0 Å². The molecule has 0 aliphatic carbocycles. The van der Waals surface area contributed by atoms with Gasteiger partial charge in [0, 0.05) is 74.8 Å². The lowest BCUT2D eigenvalue weighted by Crippen LogP contribution is -2.48. The van der Waals surface area contributed by atoms with Crippen molar-refractivity contribution >= 4 is 22.9 Å². The Hall–Kier alpha value is -4.03. The second-order valence-electron chi connectivity index (χ2n) is 10.3. The third kappa shape index (κ3) is 6.23. The van der Waals surface area contributed by atoms with Crippen molar-refractivity contribution in [3.8, 4) is 11.5 Å². The van der Waals surface area contributed by atoms with Gasteiger partial charge in [-0.3, -0.25) is 9.69 Å². The van der Waals surface area contributed by atoms with E-state index in [4.69, 9.17) is 9.47 Å². The van der Waals surface area contributed by atoms with Gasteiger partial charge in [-0.1, -0.05) is 60.7 Å². The van der Waals surface area contributed by atoms with Gasteiger partial charge in [0.05, 0.1) is 14.2 Å². The maximum atomic E-state index is 13.8. The molecule has 2 heterocycles. The second-order valence-corrected chi connectivity index (χ2v) is 10.3. The first-order valence-corrected chi connectivity index (χ1v) is 14.1. The molecule has 1 atom stereocenters. The number of ether oxygens (including phenoxy) is 2. The van der Waals surface area contributed by atoms with Crippen LogP contribution in [0.4, 0.5) is 0 Å². The van der Waals surface area contributed by atoms with Crippen LogP contribution in [0.2, 0.25) is 0 Å². The van der Waals surface area contributed by atoms with Gasteiger partial charge in [0.15, 0.2) is 0 Å². The molecule has 3 aromatic carbocycles. The van der Waals surface area contributed by atoms with E-state index in [2.05, 4.69) is 83.3 Å². The molecule has 40 heavy (non-hydrogen) atoms. The minimum absolute atomic E-state index is 0.124. The third-order valence-electron chi connectivity index (χ3n) is 7.89. The number of carbonyl (C=O) groups is 1. The Kier molecular flexibility index (Phi) is 8.87. The Morgan fingerprint density at radius 1 is 0.900 bits per heavy atom. The highest BCUT2D eigenvalue weighted by Crippen LogP contribution is 2.38. The van der Waals surface area contributed by atoms with E-state index in [1.54, 1.807) is 14.2 Å². The molecule has 5 rings (SSSR count). The van der Waals surface area contributed by atoms with E-state index >= 15 is 0 Å². The number of para-hydroxylation sites is 1. The Balaban J connectivity index is 1.35. The molecule has 1 amide bonds. The molecule has 0 unspecified atom stereocenters. The number of benzene rings is 3. The summed E-state index contributed by atoms with van der Waals surface area (Å²) in [4.78, 5) is 18.2. The summed E-state index contributed by atoms with van der Waals surface area (Å²) in [7, 11) is 3.33. The average Bonchev–Trinajstić information content (AvgIpc) is 3.39. The van der Waals surface area contributed by atoms with Gasteiger partial charge >= 0.3 is 0 Å². The molecule has 1 aliphatic heterocycles. The predicted octanol–water partition coefficient (Wildman–Crippen LogP) is 6.06. The number of carbonyl (C=O) groups excluding carboxylic acids is 1. The lowest BCUT2D eigenvalue weighted by molar-refractivity contribution is -0.133. The number of aromatic nitrogens is 1. The van der Waals surface area contributed by atoms with E-state index in [0.29, 0.717) is 6.42 Å². The number of fused-ring (bicyclic) bond motifs is 1. The van der Waals surface area contributed by atoms with Gasteiger partial charge in [0.1, 0.15) is 11.5 Å². The Bertz CT molecular complexity index is 1430. The van der Waals surface area contributed by atoms with E-state index in [9.17, 15) is 4.79 Å². The van der Waals surface area contributed by atoms with Crippen molar-refractivity contribution in [3.63, 3.8) is 0 Å². The van der Waals surface area contributed by atoms with Crippen LogP contribution < -0.4 is 9.47 Å². The molecule has 208 valence electrons. The van der Waals surface area contributed by atoms with E-state index in [0.717, 1.165) is 61.9 Å². The van der Waals surface area contributed by atoms with Crippen LogP contribution in [-0.4, -0.2) is 67.2 Å². The summed E-state index contributed by atoms with van der Waals surface area (Å²) in [5.74, 6) is 1.51. The number of piperazine rings is 1. The topological polar surface area (TPSA) is 46.9 Å². The summed E-state index contributed by atoms with van der Waals surface area (Å²) in [5, 5.41) is 1.18. The zero-order valence-electron chi connectivity index (χ0n) is 23.8. The molecular weight excluding hydrogens is 498 g/mol. The quantitative estimate of drug-likeness (QED) is 0.247. The molecule has 1 saturated heterocycles. The minimum Gasteiger partial charge on any atom is -0.497 e. The van der Waals surface area contributed by atoms with Crippen LogP contribution in [0, 0.1) is 0 Å². The molecule has 0 spiro atoms. The van der Waals surface area contributed by atoms with Crippen molar-refractivity contribution in [2.45, 2.75) is 25.8 Å². The van der Waals surface area contributed by atoms with Gasteiger partial charge in [-0.05, 0) is 41.8 Å². The molecule has 1 fully saturated rings. The van der Waals surface area contributed by atoms with Crippen molar-refractivity contribution in [1.29, 1.82) is 0 Å². The summed E-state index contributed by atoms with van der Waals surface area (Å²) >= 11 is 0. The highest BCUT2D eigenvalue weighted by atomic mass is 16.5. The molecular formula is C34H39N3O3. The number of nitrogens with zero attached hydrogens (tertiary/aromatic N) is 3. The van der Waals surface area contributed by atoms with Crippen LogP contribution in [0.5, 0.6) is 11.5 Å². The fraction of sp³-hybridized carbons (Fsp3) is 0.324. The van der Waals surface area contributed by atoms with E-state index in [1.165, 1.54) is 16.5 Å². The van der Waals surface area contributed by atoms with Crippen LogP contribution in [0.1, 0.15) is 36.0 Å². The monoisotopic (exact) mass is 537 g/mol. The second kappa shape index (κ2) is 12.9.